The first-order valence-corrected chi connectivity index (χ1v) is 8.58. The Balaban J connectivity index is 3.71. The van der Waals surface area contributed by atoms with Gasteiger partial charge in [-0.2, -0.15) is 0 Å². The van der Waals surface area contributed by atoms with Gasteiger partial charge >= 0.3 is 0 Å². The molecule has 0 spiro atoms. The van der Waals surface area contributed by atoms with Gasteiger partial charge in [0.1, 0.15) is 8.07 Å². The molecule has 0 saturated heterocycles. The van der Waals surface area contributed by atoms with Gasteiger partial charge in [0.15, 0.2) is 0 Å². The summed E-state index contributed by atoms with van der Waals surface area (Å²) in [6.45, 7) is 12.5. The van der Waals surface area contributed by atoms with Gasteiger partial charge in [0.25, 0.3) is 0 Å². The summed E-state index contributed by atoms with van der Waals surface area (Å²) >= 11 is 0. The van der Waals surface area contributed by atoms with Crippen molar-refractivity contribution in [2.45, 2.75) is 58.0 Å². The van der Waals surface area contributed by atoms with Crippen LogP contribution in [0.2, 0.25) is 12.1 Å². The second kappa shape index (κ2) is 8.04. The van der Waals surface area contributed by atoms with E-state index in [-0.39, 0.29) is 0 Å². The molecule has 0 aliphatic carbocycles. The molecular formula is C13H26Si. The third-order valence-electron chi connectivity index (χ3n) is 3.22. The molecule has 0 fully saturated rings. The van der Waals surface area contributed by atoms with Crippen LogP contribution in [-0.4, -0.2) is 8.07 Å². The van der Waals surface area contributed by atoms with Crippen molar-refractivity contribution in [1.29, 1.82) is 0 Å². The summed E-state index contributed by atoms with van der Waals surface area (Å²) in [6.07, 6.45) is 6.89. The van der Waals surface area contributed by atoms with Gasteiger partial charge in [0.05, 0.1) is 0 Å². The van der Waals surface area contributed by atoms with Crippen molar-refractivity contribution in [2.24, 2.45) is 0 Å². The summed E-state index contributed by atoms with van der Waals surface area (Å²) in [5.41, 5.74) is 4.42. The maximum Gasteiger partial charge on any atom is 0.100 e. The second-order valence-electron chi connectivity index (χ2n) is 4.16. The van der Waals surface area contributed by atoms with Gasteiger partial charge in [-0.25, -0.2) is 0 Å². The van der Waals surface area contributed by atoms with Crippen molar-refractivity contribution in [1.82, 2.24) is 0 Å². The zero-order valence-electron chi connectivity index (χ0n) is 10.0. The Hall–Kier alpha value is -0.303. The topological polar surface area (TPSA) is 0 Å². The molecule has 0 aromatic carbocycles. The molecule has 0 saturated carbocycles. The van der Waals surface area contributed by atoms with Crippen LogP contribution < -0.4 is 0 Å². The van der Waals surface area contributed by atoms with E-state index >= 15 is 0 Å². The average molecular weight is 210 g/mol. The van der Waals surface area contributed by atoms with E-state index in [0.717, 1.165) is 0 Å². The Morgan fingerprint density at radius 2 is 1.50 bits per heavy atom. The maximum absolute atomic E-state index is 3.98. The SMILES string of the molecule is C=C[Si](C=C)(CC)CCCCCCC. The van der Waals surface area contributed by atoms with Crippen molar-refractivity contribution in [3.05, 3.63) is 24.6 Å². The van der Waals surface area contributed by atoms with E-state index in [1.807, 2.05) is 0 Å². The van der Waals surface area contributed by atoms with Gasteiger partial charge in [0.2, 0.25) is 0 Å². The standard InChI is InChI=1S/C13H26Si/c1-5-9-10-11-12-13-14(6-2,7-3)8-4/h6-7H,2-3,5,8-13H2,1,4H3. The fourth-order valence-corrected chi connectivity index (χ4v) is 4.22. The van der Waals surface area contributed by atoms with Crippen molar-refractivity contribution >= 4 is 8.07 Å². The van der Waals surface area contributed by atoms with Crippen LogP contribution in [0, 0.1) is 0 Å². The van der Waals surface area contributed by atoms with E-state index in [0.29, 0.717) is 0 Å². The van der Waals surface area contributed by atoms with Crippen LogP contribution in [-0.2, 0) is 0 Å². The molecule has 0 radical (unpaired) electrons. The Morgan fingerprint density at radius 1 is 0.929 bits per heavy atom. The number of hydrogen-bond donors (Lipinski definition) is 0. The van der Waals surface area contributed by atoms with E-state index in [4.69, 9.17) is 0 Å². The van der Waals surface area contributed by atoms with Gasteiger partial charge < -0.3 is 0 Å². The lowest BCUT2D eigenvalue weighted by Gasteiger charge is -2.22. The molecular weight excluding hydrogens is 184 g/mol. The van der Waals surface area contributed by atoms with Crippen LogP contribution in [0.1, 0.15) is 46.0 Å². The van der Waals surface area contributed by atoms with Gasteiger partial charge in [-0.15, -0.1) is 13.2 Å². The number of hydrogen-bond acceptors (Lipinski definition) is 0. The number of rotatable bonds is 9. The minimum Gasteiger partial charge on any atom is -0.107 e. The molecule has 0 nitrogen and oxygen atoms in total. The molecule has 0 N–H and O–H groups in total. The Kier molecular flexibility index (Phi) is 7.87. The highest BCUT2D eigenvalue weighted by molar-refractivity contribution is 6.88. The van der Waals surface area contributed by atoms with Crippen LogP contribution in [0.15, 0.2) is 24.6 Å². The van der Waals surface area contributed by atoms with Gasteiger partial charge in [-0.05, 0) is 0 Å². The van der Waals surface area contributed by atoms with E-state index in [2.05, 4.69) is 38.4 Å². The van der Waals surface area contributed by atoms with Crippen molar-refractivity contribution in [3.8, 4) is 0 Å². The summed E-state index contributed by atoms with van der Waals surface area (Å²) in [6, 6.07) is 2.63. The van der Waals surface area contributed by atoms with E-state index in [9.17, 15) is 0 Å². The molecule has 0 bridgehead atoms. The molecule has 0 unspecified atom stereocenters. The van der Waals surface area contributed by atoms with Crippen LogP contribution >= 0.6 is 0 Å². The summed E-state index contributed by atoms with van der Waals surface area (Å²) in [5.74, 6) is 0. The fraction of sp³-hybridized carbons (Fsp3) is 0.692. The molecule has 14 heavy (non-hydrogen) atoms. The molecule has 0 amide bonds. The van der Waals surface area contributed by atoms with Crippen LogP contribution in [0.5, 0.6) is 0 Å². The highest BCUT2D eigenvalue weighted by atomic mass is 28.3. The summed E-state index contributed by atoms with van der Waals surface area (Å²) in [5, 5.41) is 0. The second-order valence-corrected chi connectivity index (χ2v) is 8.65. The molecule has 82 valence electrons. The predicted octanol–water partition coefficient (Wildman–Crippen LogP) is 4.88. The highest BCUT2D eigenvalue weighted by Crippen LogP contribution is 2.21. The quantitative estimate of drug-likeness (QED) is 0.376. The lowest BCUT2D eigenvalue weighted by Crippen LogP contribution is -2.27. The van der Waals surface area contributed by atoms with Crippen molar-refractivity contribution in [3.63, 3.8) is 0 Å². The largest absolute Gasteiger partial charge is 0.107 e. The molecule has 0 aromatic heterocycles. The minimum atomic E-state index is -1.25. The smallest absolute Gasteiger partial charge is 0.100 e. The zero-order chi connectivity index (χ0) is 10.9. The lowest BCUT2D eigenvalue weighted by molar-refractivity contribution is 0.653. The predicted molar refractivity (Wildman–Crippen MR) is 70.2 cm³/mol. The van der Waals surface area contributed by atoms with E-state index < -0.39 is 8.07 Å². The monoisotopic (exact) mass is 210 g/mol. The Bertz CT molecular complexity index is 153. The first-order valence-electron chi connectivity index (χ1n) is 6.02. The Morgan fingerprint density at radius 3 is 1.93 bits per heavy atom. The van der Waals surface area contributed by atoms with E-state index in [1.54, 1.807) is 0 Å². The normalized spacial score (nSPS) is 11.3. The average Bonchev–Trinajstić information content (AvgIpc) is 2.24. The van der Waals surface area contributed by atoms with Crippen molar-refractivity contribution in [2.75, 3.05) is 0 Å². The lowest BCUT2D eigenvalue weighted by atomic mass is 10.2. The first kappa shape index (κ1) is 13.7. The third-order valence-corrected chi connectivity index (χ3v) is 7.44. The molecule has 0 rings (SSSR count). The van der Waals surface area contributed by atoms with Crippen molar-refractivity contribution < 1.29 is 0 Å². The number of unbranched alkanes of at least 4 members (excludes halogenated alkanes) is 4. The summed E-state index contributed by atoms with van der Waals surface area (Å²) < 4.78 is 0. The van der Waals surface area contributed by atoms with E-state index in [1.165, 1.54) is 44.2 Å². The fourth-order valence-electron chi connectivity index (χ4n) is 1.81. The van der Waals surface area contributed by atoms with Crippen LogP contribution in [0.3, 0.4) is 0 Å². The Labute approximate surface area is 91.1 Å². The summed E-state index contributed by atoms with van der Waals surface area (Å²) in [4.78, 5) is 0. The first-order chi connectivity index (χ1) is 6.74. The molecule has 0 aliphatic heterocycles. The zero-order valence-corrected chi connectivity index (χ0v) is 11.0. The third kappa shape index (κ3) is 4.80. The summed E-state index contributed by atoms with van der Waals surface area (Å²) in [7, 11) is -1.25. The van der Waals surface area contributed by atoms with Crippen LogP contribution in [0.25, 0.3) is 0 Å². The van der Waals surface area contributed by atoms with Crippen LogP contribution in [0.4, 0.5) is 0 Å². The molecule has 0 aliphatic rings. The molecule has 0 aromatic rings. The van der Waals surface area contributed by atoms with Gasteiger partial charge in [-0.1, -0.05) is 69.4 Å². The molecule has 0 atom stereocenters. The minimum absolute atomic E-state index is 1.25. The highest BCUT2D eigenvalue weighted by Gasteiger charge is 2.21. The van der Waals surface area contributed by atoms with Gasteiger partial charge in [-0.3, -0.25) is 0 Å². The molecule has 1 heteroatoms. The maximum atomic E-state index is 3.98. The molecule has 0 heterocycles. The van der Waals surface area contributed by atoms with Gasteiger partial charge in [0, 0.05) is 0 Å².